The van der Waals surface area contributed by atoms with Crippen molar-refractivity contribution in [1.29, 1.82) is 0 Å². The molecular formula is C24H18ClN3O2S. The van der Waals surface area contributed by atoms with E-state index in [0.29, 0.717) is 40.3 Å². The summed E-state index contributed by atoms with van der Waals surface area (Å²) in [6.45, 7) is 1.24. The van der Waals surface area contributed by atoms with Gasteiger partial charge in [0.1, 0.15) is 0 Å². The van der Waals surface area contributed by atoms with Gasteiger partial charge in [-0.3, -0.25) is 14.2 Å². The number of benzene rings is 3. The van der Waals surface area contributed by atoms with Crippen LogP contribution in [-0.4, -0.2) is 26.9 Å². The van der Waals surface area contributed by atoms with Crippen molar-refractivity contribution in [1.82, 2.24) is 14.5 Å². The van der Waals surface area contributed by atoms with Crippen molar-refractivity contribution in [2.24, 2.45) is 0 Å². The van der Waals surface area contributed by atoms with E-state index in [-0.39, 0.29) is 16.2 Å². The van der Waals surface area contributed by atoms with Crippen molar-refractivity contribution < 1.29 is 4.79 Å². The predicted octanol–water partition coefficient (Wildman–Crippen LogP) is 4.90. The first kappa shape index (κ1) is 19.7. The summed E-state index contributed by atoms with van der Waals surface area (Å²) in [5.41, 5.74) is 3.85. The van der Waals surface area contributed by atoms with Crippen LogP contribution in [0.15, 0.2) is 71.5 Å². The molecule has 1 aliphatic rings. The summed E-state index contributed by atoms with van der Waals surface area (Å²) in [5, 5.41) is 0.994. The van der Waals surface area contributed by atoms with Crippen LogP contribution in [0.5, 0.6) is 0 Å². The van der Waals surface area contributed by atoms with E-state index in [1.807, 2.05) is 17.0 Å². The Morgan fingerprint density at radius 2 is 1.81 bits per heavy atom. The molecule has 0 unspecified atom stereocenters. The summed E-state index contributed by atoms with van der Waals surface area (Å²) in [6.07, 6.45) is 0.833. The highest BCUT2D eigenvalue weighted by molar-refractivity contribution is 7.71. The van der Waals surface area contributed by atoms with E-state index in [4.69, 9.17) is 23.8 Å². The van der Waals surface area contributed by atoms with E-state index in [1.54, 1.807) is 42.5 Å². The van der Waals surface area contributed by atoms with Crippen LogP contribution in [0.1, 0.15) is 21.5 Å². The van der Waals surface area contributed by atoms with E-state index in [2.05, 4.69) is 17.1 Å². The molecule has 0 bridgehead atoms. The van der Waals surface area contributed by atoms with Gasteiger partial charge in [0.05, 0.1) is 16.6 Å². The van der Waals surface area contributed by atoms with Crippen LogP contribution in [0.25, 0.3) is 16.6 Å². The third kappa shape index (κ3) is 3.58. The number of fused-ring (bicyclic) bond motifs is 2. The zero-order valence-electron chi connectivity index (χ0n) is 16.5. The fourth-order valence-corrected chi connectivity index (χ4v) is 4.52. The lowest BCUT2D eigenvalue weighted by Crippen LogP contribution is -2.36. The van der Waals surface area contributed by atoms with Crippen LogP contribution in [0, 0.1) is 4.77 Å². The zero-order chi connectivity index (χ0) is 21.5. The van der Waals surface area contributed by atoms with Crippen LogP contribution in [0.4, 0.5) is 0 Å². The number of amides is 1. The van der Waals surface area contributed by atoms with E-state index in [1.165, 1.54) is 15.7 Å². The molecule has 0 radical (unpaired) electrons. The van der Waals surface area contributed by atoms with Crippen LogP contribution in [-0.2, 0) is 13.0 Å². The minimum atomic E-state index is -0.257. The largest absolute Gasteiger partial charge is 0.334 e. The number of nitrogens with zero attached hydrogens (tertiary/aromatic N) is 2. The van der Waals surface area contributed by atoms with Crippen molar-refractivity contribution >= 4 is 40.6 Å². The Bertz CT molecular complexity index is 1460. The van der Waals surface area contributed by atoms with Crippen LogP contribution < -0.4 is 5.56 Å². The maximum absolute atomic E-state index is 13.2. The first-order valence-corrected chi connectivity index (χ1v) is 10.7. The summed E-state index contributed by atoms with van der Waals surface area (Å²) >= 11 is 11.5. The Morgan fingerprint density at radius 1 is 1.00 bits per heavy atom. The molecule has 1 amide bonds. The third-order valence-corrected chi connectivity index (χ3v) is 6.15. The Labute approximate surface area is 188 Å². The molecule has 0 fully saturated rings. The van der Waals surface area contributed by atoms with Gasteiger partial charge in [0.25, 0.3) is 11.5 Å². The fourth-order valence-electron chi connectivity index (χ4n) is 4.05. The maximum Gasteiger partial charge on any atom is 0.266 e. The fraction of sp³-hybridized carbons (Fsp3) is 0.125. The molecule has 0 aliphatic carbocycles. The average Bonchev–Trinajstić information content (AvgIpc) is 2.78. The van der Waals surface area contributed by atoms with Gasteiger partial charge in [-0.25, -0.2) is 0 Å². The molecule has 1 aliphatic heterocycles. The van der Waals surface area contributed by atoms with Crippen molar-refractivity contribution in [3.8, 4) is 5.69 Å². The number of carbonyl (C=O) groups is 1. The zero-order valence-corrected chi connectivity index (χ0v) is 18.0. The molecule has 1 aromatic heterocycles. The summed E-state index contributed by atoms with van der Waals surface area (Å²) in [6, 6.07) is 20.2. The van der Waals surface area contributed by atoms with E-state index < -0.39 is 0 Å². The molecule has 154 valence electrons. The average molecular weight is 448 g/mol. The molecule has 5 rings (SSSR count). The van der Waals surface area contributed by atoms with Crippen molar-refractivity contribution in [3.05, 3.63) is 104 Å². The van der Waals surface area contributed by atoms with Crippen molar-refractivity contribution in [2.75, 3.05) is 6.54 Å². The smallest absolute Gasteiger partial charge is 0.266 e. The number of hydrogen-bond acceptors (Lipinski definition) is 3. The first-order valence-electron chi connectivity index (χ1n) is 9.92. The van der Waals surface area contributed by atoms with Gasteiger partial charge in [0.15, 0.2) is 4.77 Å². The summed E-state index contributed by atoms with van der Waals surface area (Å²) in [7, 11) is 0. The van der Waals surface area contributed by atoms with Gasteiger partial charge < -0.3 is 9.88 Å². The van der Waals surface area contributed by atoms with Crippen molar-refractivity contribution in [2.45, 2.75) is 13.0 Å². The lowest BCUT2D eigenvalue weighted by Gasteiger charge is -2.29. The summed E-state index contributed by atoms with van der Waals surface area (Å²) < 4.78 is 1.66. The number of nitrogens with one attached hydrogen (secondary N) is 1. The first-order chi connectivity index (χ1) is 15.0. The van der Waals surface area contributed by atoms with Gasteiger partial charge >= 0.3 is 0 Å². The summed E-state index contributed by atoms with van der Waals surface area (Å²) in [5.74, 6) is -0.0631. The van der Waals surface area contributed by atoms with E-state index in [0.717, 1.165) is 6.42 Å². The molecule has 31 heavy (non-hydrogen) atoms. The standard InChI is InChI=1S/C24H18ClN3O2S/c25-18-8-9-20-21(13-18)26-24(31)28(23(20)30)19-7-3-6-16(12-19)22(29)27-11-10-15-4-1-2-5-17(15)14-27/h1-9,12-13H,10-11,14H2,(H,26,31). The van der Waals surface area contributed by atoms with Crippen LogP contribution >= 0.6 is 23.8 Å². The molecule has 7 heteroatoms. The van der Waals surface area contributed by atoms with Gasteiger partial charge in [-0.1, -0.05) is 41.9 Å². The van der Waals surface area contributed by atoms with E-state index in [9.17, 15) is 9.59 Å². The van der Waals surface area contributed by atoms with Gasteiger partial charge in [-0.2, -0.15) is 0 Å². The van der Waals surface area contributed by atoms with Crippen LogP contribution in [0.3, 0.4) is 0 Å². The highest BCUT2D eigenvalue weighted by Gasteiger charge is 2.22. The Balaban J connectivity index is 1.53. The number of carbonyl (C=O) groups excluding carboxylic acids is 1. The number of halogens is 1. The molecule has 2 heterocycles. The lowest BCUT2D eigenvalue weighted by atomic mass is 9.99. The highest BCUT2D eigenvalue weighted by atomic mass is 35.5. The quantitative estimate of drug-likeness (QED) is 0.444. The maximum atomic E-state index is 13.2. The number of hydrogen-bond donors (Lipinski definition) is 1. The predicted molar refractivity (Wildman–Crippen MR) is 125 cm³/mol. The number of aromatic nitrogens is 2. The van der Waals surface area contributed by atoms with Gasteiger partial charge in [-0.15, -0.1) is 0 Å². The Hall–Kier alpha value is -3.22. The van der Waals surface area contributed by atoms with E-state index >= 15 is 0 Å². The molecule has 0 saturated carbocycles. The molecule has 0 atom stereocenters. The molecule has 4 aromatic rings. The normalized spacial score (nSPS) is 13.3. The second-order valence-electron chi connectivity index (χ2n) is 7.56. The van der Waals surface area contributed by atoms with Gasteiger partial charge in [0.2, 0.25) is 0 Å². The number of rotatable bonds is 2. The highest BCUT2D eigenvalue weighted by Crippen LogP contribution is 2.22. The minimum absolute atomic E-state index is 0.0631. The topological polar surface area (TPSA) is 58.1 Å². The van der Waals surface area contributed by atoms with Crippen LogP contribution in [0.2, 0.25) is 5.02 Å². The third-order valence-electron chi connectivity index (χ3n) is 5.63. The number of H-pyrrole nitrogens is 1. The second kappa shape index (κ2) is 7.80. The molecule has 0 spiro atoms. The SMILES string of the molecule is O=C(c1cccc(-n2c(=S)[nH]c3cc(Cl)ccc3c2=O)c1)N1CCc2ccccc2C1. The number of aromatic amines is 1. The molecule has 5 nitrogen and oxygen atoms in total. The van der Waals surface area contributed by atoms with Gasteiger partial charge in [-0.05, 0) is 66.2 Å². The monoisotopic (exact) mass is 447 g/mol. The van der Waals surface area contributed by atoms with Gasteiger partial charge in [0, 0.05) is 23.7 Å². The van der Waals surface area contributed by atoms with Crippen molar-refractivity contribution in [3.63, 3.8) is 0 Å². The molecule has 1 N–H and O–H groups in total. The summed E-state index contributed by atoms with van der Waals surface area (Å²) in [4.78, 5) is 31.2. The molecule has 0 saturated heterocycles. The Morgan fingerprint density at radius 3 is 2.65 bits per heavy atom. The molecule has 3 aromatic carbocycles. The molecular weight excluding hydrogens is 430 g/mol. The lowest BCUT2D eigenvalue weighted by molar-refractivity contribution is 0.0734. The Kier molecular flexibility index (Phi) is 4.96. The second-order valence-corrected chi connectivity index (χ2v) is 8.38. The minimum Gasteiger partial charge on any atom is -0.334 e.